The fourth-order valence-electron chi connectivity index (χ4n) is 3.87. The molecule has 0 heterocycles. The van der Waals surface area contributed by atoms with Gasteiger partial charge in [-0.2, -0.15) is 0 Å². The van der Waals surface area contributed by atoms with Crippen LogP contribution in [0.4, 0.5) is 5.69 Å². The van der Waals surface area contributed by atoms with Gasteiger partial charge in [-0.05, 0) is 55.7 Å². The van der Waals surface area contributed by atoms with Gasteiger partial charge in [0.25, 0.3) is 5.91 Å². The van der Waals surface area contributed by atoms with E-state index in [9.17, 15) is 13.2 Å². The van der Waals surface area contributed by atoms with Gasteiger partial charge in [-0.3, -0.25) is 9.10 Å². The molecule has 33 heavy (non-hydrogen) atoms. The first-order valence-electron chi connectivity index (χ1n) is 10.7. The highest BCUT2D eigenvalue weighted by Crippen LogP contribution is 2.29. The smallest absolute Gasteiger partial charge is 0.251 e. The average Bonchev–Trinajstić information content (AvgIpc) is 2.78. The molecule has 0 aromatic heterocycles. The maximum atomic E-state index is 12.8. The Bertz CT molecular complexity index is 1220. The van der Waals surface area contributed by atoms with E-state index in [-0.39, 0.29) is 18.5 Å². The summed E-state index contributed by atoms with van der Waals surface area (Å²) in [5.74, 6) is 0.502. The Kier molecular flexibility index (Phi) is 7.43. The normalized spacial score (nSPS) is 12.2. The monoisotopic (exact) mass is 466 g/mol. The molecule has 0 aliphatic carbocycles. The van der Waals surface area contributed by atoms with Crippen LogP contribution in [0.25, 0.3) is 0 Å². The van der Waals surface area contributed by atoms with Crippen molar-refractivity contribution in [3.05, 3.63) is 94.5 Å². The van der Waals surface area contributed by atoms with Crippen LogP contribution in [0, 0.1) is 13.8 Å². The number of carbonyl (C=O) groups is 1. The number of carbonyl (C=O) groups excluding carboxylic acids is 1. The summed E-state index contributed by atoms with van der Waals surface area (Å²) in [6.07, 6.45) is 1.21. The molecule has 1 unspecified atom stereocenters. The molecule has 0 aliphatic rings. The Morgan fingerprint density at radius 2 is 1.58 bits per heavy atom. The second-order valence-corrected chi connectivity index (χ2v) is 10.1. The van der Waals surface area contributed by atoms with Gasteiger partial charge in [0.1, 0.15) is 5.75 Å². The van der Waals surface area contributed by atoms with Crippen LogP contribution in [0.3, 0.4) is 0 Å². The van der Waals surface area contributed by atoms with Crippen LogP contribution in [0.1, 0.15) is 45.6 Å². The second-order valence-electron chi connectivity index (χ2n) is 8.14. The SMILES string of the molecule is COc1ccccc1C(C)NC(=O)c1ccc(CN(c2c(C)cccc2C)S(C)(=O)=O)cc1. The first kappa shape index (κ1) is 24.3. The van der Waals surface area contributed by atoms with Crippen LogP contribution in [0.2, 0.25) is 0 Å². The number of nitrogens with zero attached hydrogens (tertiary/aromatic N) is 1. The molecular formula is C26H30N2O4S. The molecule has 1 atom stereocenters. The van der Waals surface area contributed by atoms with E-state index in [0.717, 1.165) is 22.3 Å². The van der Waals surface area contributed by atoms with E-state index >= 15 is 0 Å². The van der Waals surface area contributed by atoms with Crippen molar-refractivity contribution in [1.29, 1.82) is 0 Å². The summed E-state index contributed by atoms with van der Waals surface area (Å²) in [7, 11) is -1.90. The van der Waals surface area contributed by atoms with Gasteiger partial charge in [0.2, 0.25) is 10.0 Å². The molecule has 0 bridgehead atoms. The standard InChI is InChI=1S/C26H30N2O4S/c1-18-9-8-10-19(2)25(18)28(33(5,30)31)17-21-13-15-22(16-14-21)26(29)27-20(3)23-11-6-7-12-24(23)32-4/h6-16,20H,17H2,1-5H3,(H,27,29). The minimum atomic E-state index is -3.50. The van der Waals surface area contributed by atoms with Crippen molar-refractivity contribution in [2.24, 2.45) is 0 Å². The third kappa shape index (κ3) is 5.73. The van der Waals surface area contributed by atoms with Gasteiger partial charge in [-0.15, -0.1) is 0 Å². The van der Waals surface area contributed by atoms with Crippen LogP contribution >= 0.6 is 0 Å². The number of ether oxygens (including phenoxy) is 1. The molecule has 0 fully saturated rings. The minimum Gasteiger partial charge on any atom is -0.496 e. The van der Waals surface area contributed by atoms with Gasteiger partial charge < -0.3 is 10.1 Å². The number of hydrogen-bond donors (Lipinski definition) is 1. The first-order chi connectivity index (χ1) is 15.6. The van der Waals surface area contributed by atoms with Gasteiger partial charge in [-0.25, -0.2) is 8.42 Å². The number of para-hydroxylation sites is 2. The molecule has 0 radical (unpaired) electrons. The van der Waals surface area contributed by atoms with Crippen molar-refractivity contribution in [3.8, 4) is 5.75 Å². The Balaban J connectivity index is 1.78. The topological polar surface area (TPSA) is 75.7 Å². The molecule has 3 rings (SSSR count). The van der Waals surface area contributed by atoms with Crippen molar-refractivity contribution in [3.63, 3.8) is 0 Å². The zero-order chi connectivity index (χ0) is 24.2. The van der Waals surface area contributed by atoms with E-state index in [1.807, 2.05) is 63.2 Å². The van der Waals surface area contributed by atoms with Crippen molar-refractivity contribution in [1.82, 2.24) is 5.32 Å². The van der Waals surface area contributed by atoms with E-state index in [1.165, 1.54) is 10.6 Å². The zero-order valence-electron chi connectivity index (χ0n) is 19.6. The van der Waals surface area contributed by atoms with E-state index in [2.05, 4.69) is 5.32 Å². The lowest BCUT2D eigenvalue weighted by atomic mass is 10.1. The highest BCUT2D eigenvalue weighted by atomic mass is 32.2. The van der Waals surface area contributed by atoms with Crippen molar-refractivity contribution < 1.29 is 17.9 Å². The number of methoxy groups -OCH3 is 1. The van der Waals surface area contributed by atoms with Gasteiger partial charge in [-0.1, -0.05) is 48.5 Å². The van der Waals surface area contributed by atoms with Crippen LogP contribution in [0.5, 0.6) is 5.75 Å². The van der Waals surface area contributed by atoms with Gasteiger partial charge in [0.15, 0.2) is 0 Å². The summed E-state index contributed by atoms with van der Waals surface area (Å²) in [5, 5.41) is 2.99. The fraction of sp³-hybridized carbons (Fsp3) is 0.269. The third-order valence-electron chi connectivity index (χ3n) is 5.58. The largest absolute Gasteiger partial charge is 0.496 e. The third-order valence-corrected chi connectivity index (χ3v) is 6.70. The molecule has 6 nitrogen and oxygen atoms in total. The zero-order valence-corrected chi connectivity index (χ0v) is 20.4. The van der Waals surface area contributed by atoms with Gasteiger partial charge in [0.05, 0.1) is 31.6 Å². The van der Waals surface area contributed by atoms with Crippen molar-refractivity contribution in [2.75, 3.05) is 17.7 Å². The summed E-state index contributed by atoms with van der Waals surface area (Å²) in [6.45, 7) is 5.89. The average molecular weight is 467 g/mol. The molecule has 7 heteroatoms. The first-order valence-corrected chi connectivity index (χ1v) is 12.5. The molecule has 3 aromatic carbocycles. The van der Waals surface area contributed by atoms with Crippen LogP contribution < -0.4 is 14.4 Å². The fourth-order valence-corrected chi connectivity index (χ4v) is 4.87. The lowest BCUT2D eigenvalue weighted by Gasteiger charge is -2.26. The van der Waals surface area contributed by atoms with Crippen molar-refractivity contribution in [2.45, 2.75) is 33.4 Å². The Labute approximate surface area is 196 Å². The maximum Gasteiger partial charge on any atom is 0.251 e. The molecule has 0 saturated carbocycles. The van der Waals surface area contributed by atoms with E-state index in [1.54, 1.807) is 31.4 Å². The summed E-state index contributed by atoms with van der Waals surface area (Å²) in [5.41, 5.74) is 4.65. The van der Waals surface area contributed by atoms with Crippen LogP contribution in [-0.4, -0.2) is 27.7 Å². The number of benzene rings is 3. The lowest BCUT2D eigenvalue weighted by molar-refractivity contribution is 0.0939. The predicted octanol–water partition coefficient (Wildman–Crippen LogP) is 4.77. The highest BCUT2D eigenvalue weighted by Gasteiger charge is 2.22. The molecule has 0 spiro atoms. The maximum absolute atomic E-state index is 12.8. The van der Waals surface area contributed by atoms with Crippen LogP contribution in [-0.2, 0) is 16.6 Å². The summed E-state index contributed by atoms with van der Waals surface area (Å²) < 4.78 is 31.9. The van der Waals surface area contributed by atoms with E-state index < -0.39 is 10.0 Å². The lowest BCUT2D eigenvalue weighted by Crippen LogP contribution is -2.30. The summed E-state index contributed by atoms with van der Waals surface area (Å²) >= 11 is 0. The van der Waals surface area contributed by atoms with Crippen LogP contribution in [0.15, 0.2) is 66.7 Å². The van der Waals surface area contributed by atoms with Gasteiger partial charge >= 0.3 is 0 Å². The number of hydrogen-bond acceptors (Lipinski definition) is 4. The highest BCUT2D eigenvalue weighted by molar-refractivity contribution is 7.92. The molecular weight excluding hydrogens is 436 g/mol. The minimum absolute atomic E-state index is 0.185. The Morgan fingerprint density at radius 1 is 0.970 bits per heavy atom. The Morgan fingerprint density at radius 3 is 2.15 bits per heavy atom. The molecule has 1 amide bonds. The number of rotatable bonds is 8. The quantitative estimate of drug-likeness (QED) is 0.519. The van der Waals surface area contributed by atoms with Crippen molar-refractivity contribution >= 4 is 21.6 Å². The Hall–Kier alpha value is -3.32. The van der Waals surface area contributed by atoms with E-state index in [0.29, 0.717) is 17.0 Å². The second kappa shape index (κ2) is 10.1. The van der Waals surface area contributed by atoms with Gasteiger partial charge in [0, 0.05) is 11.1 Å². The molecule has 174 valence electrons. The predicted molar refractivity (Wildman–Crippen MR) is 132 cm³/mol. The summed E-state index contributed by atoms with van der Waals surface area (Å²) in [6, 6.07) is 20.0. The molecule has 1 N–H and O–H groups in total. The number of sulfonamides is 1. The number of anilines is 1. The van der Waals surface area contributed by atoms with E-state index in [4.69, 9.17) is 4.74 Å². The number of amides is 1. The number of nitrogens with one attached hydrogen (secondary N) is 1. The molecule has 3 aromatic rings. The summed E-state index contributed by atoms with van der Waals surface area (Å²) in [4.78, 5) is 12.8. The molecule has 0 aliphatic heterocycles. The molecule has 0 saturated heterocycles. The number of aryl methyl sites for hydroxylation is 2.